The fourth-order valence-corrected chi connectivity index (χ4v) is 13.2. The van der Waals surface area contributed by atoms with E-state index in [0.29, 0.717) is 25.7 Å². The van der Waals surface area contributed by atoms with Crippen molar-refractivity contribution in [3.8, 4) is 0 Å². The number of phosphoric ester groups is 1. The molecule has 99 heavy (non-hydrogen) atoms. The molecule has 0 spiro atoms. The van der Waals surface area contributed by atoms with Crippen molar-refractivity contribution in [2.45, 2.75) is 338 Å². The average molecular weight is 1440 g/mol. The van der Waals surface area contributed by atoms with Crippen LogP contribution in [0.2, 0.25) is 0 Å². The lowest BCUT2D eigenvalue weighted by Gasteiger charge is -2.49. The number of hydrogen-bond acceptors (Lipinski definition) is 23. The monoisotopic (exact) mass is 1440 g/mol. The average Bonchev–Trinajstić information content (AvgIpc) is 0.775. The molecule has 0 aliphatic carbocycles. The Morgan fingerprint density at radius 1 is 0.495 bits per heavy atom. The summed E-state index contributed by atoms with van der Waals surface area (Å²) in [5.74, 6) is -4.45. The molecular formula is C72H129N2O24P. The highest BCUT2D eigenvalue weighted by molar-refractivity contribution is 7.47. The molecule has 11 N–H and O–H groups in total. The summed E-state index contributed by atoms with van der Waals surface area (Å²) in [6.07, 6.45) is 18.9. The molecule has 2 amide bonds. The van der Waals surface area contributed by atoms with Gasteiger partial charge in [0, 0.05) is 57.0 Å². The Kier molecular flexibility index (Phi) is 49.2. The van der Waals surface area contributed by atoms with E-state index >= 15 is 0 Å². The molecule has 3 aliphatic rings. The van der Waals surface area contributed by atoms with E-state index in [4.69, 9.17) is 42.2 Å². The largest absolute Gasteiger partial charge is 0.472 e. The second-order valence-electron chi connectivity index (χ2n) is 27.0. The van der Waals surface area contributed by atoms with E-state index in [9.17, 15) is 74.3 Å². The Balaban J connectivity index is 1.42. The summed E-state index contributed by atoms with van der Waals surface area (Å²) in [5.41, 5.74) is 0. The van der Waals surface area contributed by atoms with E-state index in [-0.39, 0.29) is 77.2 Å². The molecule has 3 heterocycles. The van der Waals surface area contributed by atoms with Crippen LogP contribution in [0.5, 0.6) is 0 Å². The minimum absolute atomic E-state index is 0.0292. The van der Waals surface area contributed by atoms with Crippen LogP contribution < -0.4 is 10.6 Å². The number of aliphatic hydroxyl groups is 8. The fourth-order valence-electron chi connectivity index (χ4n) is 12.4. The van der Waals surface area contributed by atoms with E-state index in [2.05, 4.69) is 48.8 Å². The second kappa shape index (κ2) is 54.3. The molecule has 3 fully saturated rings. The lowest BCUT2D eigenvalue weighted by molar-refractivity contribution is -0.350. The predicted molar refractivity (Wildman–Crippen MR) is 370 cm³/mol. The predicted octanol–water partition coefficient (Wildman–Crippen LogP) is 8.22. The number of phosphoric acid groups is 1. The first kappa shape index (κ1) is 89.8. The van der Waals surface area contributed by atoms with Gasteiger partial charge in [-0.2, -0.15) is 0 Å². The first-order valence-corrected chi connectivity index (χ1v) is 39.0. The van der Waals surface area contributed by atoms with Crippen molar-refractivity contribution in [3.05, 3.63) is 24.3 Å². The molecule has 576 valence electrons. The molecule has 3 saturated heterocycles. The number of Topliss-reactive ketones (excluding diaryl/α,β-unsaturated/α-hetero) is 1. The minimum Gasteiger partial charge on any atom is -0.462 e. The number of ketones is 1. The number of allylic oxidation sites excluding steroid dienone is 4. The minimum atomic E-state index is -4.73. The first-order chi connectivity index (χ1) is 47.7. The van der Waals surface area contributed by atoms with Crippen LogP contribution in [0.15, 0.2) is 24.3 Å². The third kappa shape index (κ3) is 38.8. The Labute approximate surface area is 589 Å². The Bertz CT molecular complexity index is 2270. The number of ether oxygens (including phenoxy) is 7. The number of carbonyl (C=O) groups excluding carboxylic acids is 5. The molecule has 0 aromatic rings. The summed E-state index contributed by atoms with van der Waals surface area (Å²) in [6.45, 7) is 4.22. The number of hydrogen-bond donors (Lipinski definition) is 11. The van der Waals surface area contributed by atoms with Crippen LogP contribution in [0, 0.1) is 11.8 Å². The Morgan fingerprint density at radius 2 is 0.970 bits per heavy atom. The van der Waals surface area contributed by atoms with Crippen LogP contribution in [0.3, 0.4) is 0 Å². The molecule has 17 atom stereocenters. The van der Waals surface area contributed by atoms with E-state index in [1.54, 1.807) is 0 Å². The molecule has 0 radical (unpaired) electrons. The van der Waals surface area contributed by atoms with Crippen molar-refractivity contribution < 1.29 is 116 Å². The van der Waals surface area contributed by atoms with Crippen LogP contribution in [-0.2, 0) is 70.7 Å². The number of amides is 2. The van der Waals surface area contributed by atoms with Gasteiger partial charge in [0.05, 0.1) is 57.5 Å². The molecule has 0 aromatic carbocycles. The number of unbranched alkanes of at least 4 members (excludes halogenated alkanes) is 23. The maximum absolute atomic E-state index is 13.0. The van der Waals surface area contributed by atoms with Crippen molar-refractivity contribution in [3.63, 3.8) is 0 Å². The van der Waals surface area contributed by atoms with Gasteiger partial charge in [-0.1, -0.05) is 141 Å². The summed E-state index contributed by atoms with van der Waals surface area (Å²) in [5, 5.41) is 91.0. The van der Waals surface area contributed by atoms with Gasteiger partial charge in [-0.15, -0.1) is 0 Å². The number of nitrogens with one attached hydrogen (secondary N) is 2. The highest BCUT2D eigenvalue weighted by Gasteiger charge is 2.54. The second-order valence-corrected chi connectivity index (χ2v) is 28.5. The van der Waals surface area contributed by atoms with Crippen molar-refractivity contribution in [1.29, 1.82) is 0 Å². The summed E-state index contributed by atoms with van der Waals surface area (Å²) >= 11 is 0. The van der Waals surface area contributed by atoms with Gasteiger partial charge in [-0.05, 0) is 104 Å². The molecule has 8 unspecified atom stereocenters. The SMILES string of the molecule is CCCCCCCC/C=C/CCCCCCCC(=O)OCC(COP(=O)(O)OCCNC(=O)CCCCC(=O)NCCCO[C@@H]1OC(CO)[C@H](O)[C@H](O[C@@H]2OC(CO)[C@H](O)[C@H](O)C2CC(C)=O)C1C[C@@H]1OC(C)[C@@H](O)[C@H](O)C1O)OC(=O)CCCCCCC/C=C/CCCCCCCC. The molecule has 3 aliphatic heterocycles. The van der Waals surface area contributed by atoms with Crippen molar-refractivity contribution in [2.75, 3.05) is 52.7 Å². The summed E-state index contributed by atoms with van der Waals surface area (Å²) < 4.78 is 64.5. The smallest absolute Gasteiger partial charge is 0.462 e. The molecule has 26 nitrogen and oxygen atoms in total. The number of carbonyl (C=O) groups is 5. The lowest BCUT2D eigenvalue weighted by atomic mass is 9.82. The zero-order valence-electron chi connectivity index (χ0n) is 60.0. The van der Waals surface area contributed by atoms with Crippen LogP contribution in [0.25, 0.3) is 0 Å². The number of aliphatic hydroxyl groups excluding tert-OH is 8. The van der Waals surface area contributed by atoms with Crippen LogP contribution in [-0.4, -0.2) is 214 Å². The van der Waals surface area contributed by atoms with Crippen molar-refractivity contribution in [2.24, 2.45) is 11.8 Å². The molecule has 0 bridgehead atoms. The third-order valence-corrected chi connectivity index (χ3v) is 19.3. The molecule has 0 saturated carbocycles. The van der Waals surface area contributed by atoms with Crippen LogP contribution >= 0.6 is 7.82 Å². The normalized spacial score (nSPS) is 26.7. The molecule has 3 rings (SSSR count). The first-order valence-electron chi connectivity index (χ1n) is 37.5. The van der Waals surface area contributed by atoms with E-state index in [0.717, 1.165) is 77.0 Å². The number of esters is 2. The highest BCUT2D eigenvalue weighted by atomic mass is 31.2. The van der Waals surface area contributed by atoms with Gasteiger partial charge in [0.2, 0.25) is 11.8 Å². The van der Waals surface area contributed by atoms with Gasteiger partial charge in [0.15, 0.2) is 18.7 Å². The third-order valence-electron chi connectivity index (χ3n) is 18.4. The number of rotatable bonds is 58. The molecule has 0 aromatic heterocycles. The zero-order chi connectivity index (χ0) is 72.6. The summed E-state index contributed by atoms with van der Waals surface area (Å²) in [6, 6.07) is 0. The van der Waals surface area contributed by atoms with Crippen molar-refractivity contribution in [1.82, 2.24) is 10.6 Å². The zero-order valence-corrected chi connectivity index (χ0v) is 60.9. The quantitative estimate of drug-likeness (QED) is 0.0118. The van der Waals surface area contributed by atoms with Gasteiger partial charge in [0.1, 0.15) is 55.1 Å². The van der Waals surface area contributed by atoms with Crippen LogP contribution in [0.4, 0.5) is 0 Å². The van der Waals surface area contributed by atoms with Crippen LogP contribution in [0.1, 0.15) is 252 Å². The van der Waals surface area contributed by atoms with Gasteiger partial charge in [-0.3, -0.25) is 28.2 Å². The fraction of sp³-hybridized carbons (Fsp3) is 0.875. The maximum atomic E-state index is 13.0. The van der Waals surface area contributed by atoms with E-state index in [1.165, 1.54) is 90.9 Å². The van der Waals surface area contributed by atoms with Gasteiger partial charge in [-0.25, -0.2) is 4.57 Å². The maximum Gasteiger partial charge on any atom is 0.472 e. The Hall–Kier alpha value is -3.38. The van der Waals surface area contributed by atoms with Gasteiger partial charge in [0.25, 0.3) is 0 Å². The molecular weight excluding hydrogens is 1310 g/mol. The lowest BCUT2D eigenvalue weighted by Crippen LogP contribution is -2.63. The standard InChI is InChI=1S/C72H129N2O24P/c1-5-7-9-11-13-15-17-19-21-23-25-27-29-31-33-40-62(80)91-50-54(95-63(81)41-34-32-30-28-26-24-22-20-18-16-14-12-10-8-6-2)51-93-99(88,89)92-45-43-74-61(79)39-36-35-38-60(78)73-42-37-44-90-71-56(47-57-66(84)69(87)64(82)53(4)94-57)70(68(86)59(49-76)96-71)98-72-55(46-52(3)77)65(83)67(85)58(48-75)97-72/h19-22,53-59,64-72,75-76,82-87H,5-18,23-51H2,1-4H3,(H,73,78)(H,74,79)(H,88,89)/b21-19+,22-20+/t53?,54?,55?,56?,57-,58?,59?,64+,65+,66?,67-,68-,69-,70+,71+,72-/m0/s1. The highest BCUT2D eigenvalue weighted by Crippen LogP contribution is 2.43. The topological polar surface area (TPSA) is 392 Å². The van der Waals surface area contributed by atoms with E-state index < -0.39 is 156 Å². The summed E-state index contributed by atoms with van der Waals surface area (Å²) in [4.78, 5) is 74.1. The Morgan fingerprint density at radius 3 is 1.51 bits per heavy atom. The summed E-state index contributed by atoms with van der Waals surface area (Å²) in [7, 11) is -4.73. The van der Waals surface area contributed by atoms with Crippen molar-refractivity contribution >= 4 is 37.4 Å². The van der Waals surface area contributed by atoms with Gasteiger partial charge < -0.3 is 94.3 Å². The van der Waals surface area contributed by atoms with E-state index in [1.807, 2.05) is 0 Å². The molecule has 27 heteroatoms. The van der Waals surface area contributed by atoms with Gasteiger partial charge >= 0.3 is 19.8 Å².